The first-order valence-corrected chi connectivity index (χ1v) is 4.84. The van der Waals surface area contributed by atoms with E-state index < -0.39 is 0 Å². The minimum Gasteiger partial charge on any atom is -0.356 e. The highest BCUT2D eigenvalue weighted by Gasteiger charge is 2.02. The minimum absolute atomic E-state index is 0.735. The summed E-state index contributed by atoms with van der Waals surface area (Å²) in [6.45, 7) is 2.87. The monoisotopic (exact) mass is 240 g/mol. The molecule has 5 heteroatoms. The van der Waals surface area contributed by atoms with Crippen LogP contribution in [0.15, 0.2) is 16.7 Å². The van der Waals surface area contributed by atoms with Crippen LogP contribution in [0.5, 0.6) is 0 Å². The number of H-pyrrole nitrogens is 1. The zero-order valence-electron chi connectivity index (χ0n) is 7.13. The Kier molecular flexibility index (Phi) is 2.18. The molecule has 0 fully saturated rings. The number of imidazole rings is 1. The summed E-state index contributed by atoms with van der Waals surface area (Å²) < 4.78 is 0.951. The number of hydrogen-bond donors (Lipinski definition) is 2. The van der Waals surface area contributed by atoms with E-state index in [1.165, 1.54) is 0 Å². The molecule has 0 aromatic carbocycles. The Labute approximate surface area is 83.9 Å². The van der Waals surface area contributed by atoms with Crippen molar-refractivity contribution in [2.24, 2.45) is 0 Å². The van der Waals surface area contributed by atoms with E-state index in [-0.39, 0.29) is 0 Å². The Morgan fingerprint density at radius 3 is 3.23 bits per heavy atom. The van der Waals surface area contributed by atoms with Gasteiger partial charge in [-0.1, -0.05) is 0 Å². The van der Waals surface area contributed by atoms with E-state index in [1.54, 1.807) is 6.20 Å². The van der Waals surface area contributed by atoms with Crippen LogP contribution in [-0.4, -0.2) is 21.5 Å². The van der Waals surface area contributed by atoms with Gasteiger partial charge in [0, 0.05) is 17.2 Å². The molecule has 0 aliphatic carbocycles. The molecule has 2 aromatic heterocycles. The van der Waals surface area contributed by atoms with Gasteiger partial charge in [0.1, 0.15) is 0 Å². The second-order valence-corrected chi connectivity index (χ2v) is 3.56. The number of anilines is 1. The van der Waals surface area contributed by atoms with Crippen molar-refractivity contribution in [3.63, 3.8) is 0 Å². The second kappa shape index (κ2) is 3.33. The third-order valence-corrected chi connectivity index (χ3v) is 2.08. The van der Waals surface area contributed by atoms with Crippen molar-refractivity contribution in [1.29, 1.82) is 0 Å². The lowest BCUT2D eigenvalue weighted by atomic mass is 10.4. The molecule has 0 saturated carbocycles. The van der Waals surface area contributed by atoms with Crippen LogP contribution >= 0.6 is 15.9 Å². The molecular weight excluding hydrogens is 232 g/mol. The van der Waals surface area contributed by atoms with Crippen LogP contribution < -0.4 is 5.32 Å². The van der Waals surface area contributed by atoms with Crippen molar-refractivity contribution in [1.82, 2.24) is 15.0 Å². The number of aromatic nitrogens is 3. The van der Waals surface area contributed by atoms with Crippen LogP contribution in [-0.2, 0) is 0 Å². The van der Waals surface area contributed by atoms with Gasteiger partial charge >= 0.3 is 0 Å². The van der Waals surface area contributed by atoms with Gasteiger partial charge in [0.2, 0.25) is 5.95 Å². The normalized spacial score (nSPS) is 10.6. The van der Waals surface area contributed by atoms with Gasteiger partial charge in [-0.25, -0.2) is 4.98 Å². The zero-order chi connectivity index (χ0) is 9.26. The summed E-state index contributed by atoms with van der Waals surface area (Å²) in [5.41, 5.74) is 1.67. The van der Waals surface area contributed by atoms with Crippen LogP contribution in [0.25, 0.3) is 11.2 Å². The maximum absolute atomic E-state index is 4.24. The largest absolute Gasteiger partial charge is 0.356 e. The predicted octanol–water partition coefficient (Wildman–Crippen LogP) is 2.15. The lowest BCUT2D eigenvalue weighted by Crippen LogP contribution is -1.97. The highest BCUT2D eigenvalue weighted by atomic mass is 79.9. The molecule has 0 radical (unpaired) electrons. The number of nitrogens with zero attached hydrogens (tertiary/aromatic N) is 2. The molecule has 2 aromatic rings. The highest BCUT2D eigenvalue weighted by molar-refractivity contribution is 9.10. The molecule has 0 spiro atoms. The Morgan fingerprint density at radius 1 is 1.62 bits per heavy atom. The topological polar surface area (TPSA) is 53.6 Å². The molecule has 0 saturated heterocycles. The van der Waals surface area contributed by atoms with E-state index in [9.17, 15) is 0 Å². The highest BCUT2D eigenvalue weighted by Crippen LogP contribution is 2.16. The van der Waals surface area contributed by atoms with Gasteiger partial charge in [0.25, 0.3) is 0 Å². The van der Waals surface area contributed by atoms with Crippen LogP contribution in [0.4, 0.5) is 5.95 Å². The van der Waals surface area contributed by atoms with Crippen molar-refractivity contribution >= 4 is 33.0 Å². The maximum atomic E-state index is 4.24. The van der Waals surface area contributed by atoms with Gasteiger partial charge in [-0.15, -0.1) is 0 Å². The van der Waals surface area contributed by atoms with Crippen molar-refractivity contribution in [2.75, 3.05) is 11.9 Å². The Morgan fingerprint density at radius 2 is 2.46 bits per heavy atom. The molecule has 0 aliphatic heterocycles. The van der Waals surface area contributed by atoms with Gasteiger partial charge < -0.3 is 10.3 Å². The second-order valence-electron chi connectivity index (χ2n) is 2.64. The maximum Gasteiger partial charge on any atom is 0.202 e. The third-order valence-electron chi connectivity index (χ3n) is 1.65. The molecule has 0 bridgehead atoms. The number of hydrogen-bond acceptors (Lipinski definition) is 3. The SMILES string of the molecule is CCNc1nc2ncc(Br)cc2[nH]1. The van der Waals surface area contributed by atoms with Crippen LogP contribution in [0, 0.1) is 0 Å². The fourth-order valence-corrected chi connectivity index (χ4v) is 1.46. The average molecular weight is 241 g/mol. The lowest BCUT2D eigenvalue weighted by molar-refractivity contribution is 1.14. The van der Waals surface area contributed by atoms with Crippen molar-refractivity contribution in [3.8, 4) is 0 Å². The van der Waals surface area contributed by atoms with Crippen LogP contribution in [0.1, 0.15) is 6.92 Å². The van der Waals surface area contributed by atoms with Crippen LogP contribution in [0.2, 0.25) is 0 Å². The standard InChI is InChI=1S/C8H9BrN4/c1-2-10-8-12-6-3-5(9)4-11-7(6)13-8/h3-4H,2H2,1H3,(H2,10,11,12,13). The summed E-state index contributed by atoms with van der Waals surface area (Å²) in [4.78, 5) is 11.5. The summed E-state index contributed by atoms with van der Waals surface area (Å²) >= 11 is 3.35. The first-order valence-electron chi connectivity index (χ1n) is 4.04. The van der Waals surface area contributed by atoms with E-state index in [0.717, 1.165) is 28.1 Å². The molecule has 2 N–H and O–H groups in total. The number of nitrogens with one attached hydrogen (secondary N) is 2. The number of pyridine rings is 1. The van der Waals surface area contributed by atoms with Gasteiger partial charge in [0.05, 0.1) is 5.52 Å². The Hall–Kier alpha value is -1.10. The molecule has 0 aliphatic rings. The van der Waals surface area contributed by atoms with Gasteiger partial charge in [-0.05, 0) is 28.9 Å². The first kappa shape index (κ1) is 8.50. The van der Waals surface area contributed by atoms with Crippen LogP contribution in [0.3, 0.4) is 0 Å². The van der Waals surface area contributed by atoms with E-state index in [0.29, 0.717) is 0 Å². The first-order chi connectivity index (χ1) is 6.29. The van der Waals surface area contributed by atoms with E-state index >= 15 is 0 Å². The fourth-order valence-electron chi connectivity index (χ4n) is 1.13. The number of rotatable bonds is 2. The van der Waals surface area contributed by atoms with Gasteiger partial charge in [-0.3, -0.25) is 0 Å². The van der Waals surface area contributed by atoms with Gasteiger partial charge in [0.15, 0.2) is 5.65 Å². The zero-order valence-corrected chi connectivity index (χ0v) is 8.72. The fraction of sp³-hybridized carbons (Fsp3) is 0.250. The molecule has 0 unspecified atom stereocenters. The quantitative estimate of drug-likeness (QED) is 0.846. The van der Waals surface area contributed by atoms with Gasteiger partial charge in [-0.2, -0.15) is 4.98 Å². The molecule has 13 heavy (non-hydrogen) atoms. The Bertz CT molecular complexity index is 423. The van der Waals surface area contributed by atoms with E-state index in [4.69, 9.17) is 0 Å². The molecule has 0 atom stereocenters. The van der Waals surface area contributed by atoms with Crippen molar-refractivity contribution in [2.45, 2.75) is 6.92 Å². The molecule has 0 amide bonds. The van der Waals surface area contributed by atoms with E-state index in [2.05, 4.69) is 36.2 Å². The smallest absolute Gasteiger partial charge is 0.202 e. The molecular formula is C8H9BrN4. The van der Waals surface area contributed by atoms with Crippen molar-refractivity contribution < 1.29 is 0 Å². The minimum atomic E-state index is 0.735. The summed E-state index contributed by atoms with van der Waals surface area (Å²) in [6, 6.07) is 1.95. The summed E-state index contributed by atoms with van der Waals surface area (Å²) in [5, 5.41) is 3.09. The van der Waals surface area contributed by atoms with E-state index in [1.807, 2.05) is 13.0 Å². The summed E-state index contributed by atoms with van der Waals surface area (Å²) in [5.74, 6) is 0.767. The molecule has 2 heterocycles. The Balaban J connectivity index is 2.49. The molecule has 2 rings (SSSR count). The average Bonchev–Trinajstić information content (AvgIpc) is 2.46. The molecule has 4 nitrogen and oxygen atoms in total. The predicted molar refractivity (Wildman–Crippen MR) is 55.8 cm³/mol. The summed E-state index contributed by atoms with van der Waals surface area (Å²) in [6.07, 6.45) is 1.74. The third kappa shape index (κ3) is 1.65. The molecule has 68 valence electrons. The number of halogens is 1. The number of fused-ring (bicyclic) bond motifs is 1. The lowest BCUT2D eigenvalue weighted by Gasteiger charge is -1.92. The number of aromatic amines is 1. The van der Waals surface area contributed by atoms with Crippen molar-refractivity contribution in [3.05, 3.63) is 16.7 Å². The summed E-state index contributed by atoms with van der Waals surface area (Å²) in [7, 11) is 0.